The molecule has 0 saturated carbocycles. The number of H-pyrrole nitrogens is 1. The molecule has 8 heteroatoms. The van der Waals surface area contributed by atoms with Gasteiger partial charge in [0, 0.05) is 52.6 Å². The van der Waals surface area contributed by atoms with Crippen molar-refractivity contribution in [3.63, 3.8) is 0 Å². The Labute approximate surface area is 134 Å². The molecular formula is C14H22N6OS. The van der Waals surface area contributed by atoms with Gasteiger partial charge < -0.3 is 10.3 Å². The van der Waals surface area contributed by atoms with Gasteiger partial charge in [0.2, 0.25) is 0 Å². The molecule has 2 N–H and O–H groups in total. The molecule has 1 saturated heterocycles. The van der Waals surface area contributed by atoms with Crippen LogP contribution >= 0.6 is 11.8 Å². The molecule has 1 aromatic rings. The van der Waals surface area contributed by atoms with Crippen LogP contribution in [0.15, 0.2) is 11.7 Å². The van der Waals surface area contributed by atoms with Crippen LogP contribution in [0, 0.1) is 0 Å². The molecule has 2 aliphatic heterocycles. The van der Waals surface area contributed by atoms with Crippen LogP contribution in [-0.2, 0) is 0 Å². The van der Waals surface area contributed by atoms with E-state index >= 15 is 0 Å². The second-order valence-corrected chi connectivity index (χ2v) is 6.61. The fourth-order valence-corrected chi connectivity index (χ4v) is 3.53. The van der Waals surface area contributed by atoms with E-state index in [-0.39, 0.29) is 6.03 Å². The van der Waals surface area contributed by atoms with Crippen molar-refractivity contribution in [1.29, 1.82) is 0 Å². The Bertz CT molecular complexity index is 580. The third-order valence-electron chi connectivity index (χ3n) is 4.10. The minimum Gasteiger partial charge on any atom is -0.330 e. The predicted octanol–water partition coefficient (Wildman–Crippen LogP) is 0.879. The number of aromatic nitrogens is 2. The van der Waals surface area contributed by atoms with E-state index in [4.69, 9.17) is 0 Å². The molecule has 0 aliphatic carbocycles. The van der Waals surface area contributed by atoms with Crippen LogP contribution in [0.5, 0.6) is 0 Å². The van der Waals surface area contributed by atoms with Crippen LogP contribution < -0.4 is 10.2 Å². The summed E-state index contributed by atoms with van der Waals surface area (Å²) in [7, 11) is 3.46. The summed E-state index contributed by atoms with van der Waals surface area (Å²) in [5.41, 5.74) is 1.49. The van der Waals surface area contributed by atoms with Gasteiger partial charge in [-0.3, -0.25) is 14.7 Å². The van der Waals surface area contributed by atoms with E-state index in [1.165, 1.54) is 4.90 Å². The molecule has 0 atom stereocenters. The summed E-state index contributed by atoms with van der Waals surface area (Å²) in [6.45, 7) is 9.37. The van der Waals surface area contributed by atoms with Gasteiger partial charge in [-0.2, -0.15) is 0 Å². The number of urea groups is 1. The van der Waals surface area contributed by atoms with E-state index in [0.29, 0.717) is 11.5 Å². The maximum atomic E-state index is 12.0. The summed E-state index contributed by atoms with van der Waals surface area (Å²) >= 11 is 1.69. The number of nitrogens with one attached hydrogen (secondary N) is 2. The lowest BCUT2D eigenvalue weighted by molar-refractivity contribution is 0.230. The SMILES string of the molecule is C=C1c2[nH]c(SCCN3CCNCC3)nc2N(C)C(=O)N1C. The number of thioether (sulfide) groups is 1. The van der Waals surface area contributed by atoms with Crippen LogP contribution in [0.3, 0.4) is 0 Å². The van der Waals surface area contributed by atoms with E-state index in [1.54, 1.807) is 30.8 Å². The summed E-state index contributed by atoms with van der Waals surface area (Å²) in [5.74, 6) is 1.64. The summed E-state index contributed by atoms with van der Waals surface area (Å²) < 4.78 is 0. The van der Waals surface area contributed by atoms with Gasteiger partial charge in [-0.25, -0.2) is 9.78 Å². The van der Waals surface area contributed by atoms with Gasteiger partial charge in [0.15, 0.2) is 11.0 Å². The number of anilines is 1. The van der Waals surface area contributed by atoms with Crippen molar-refractivity contribution in [2.45, 2.75) is 5.16 Å². The number of carbonyl (C=O) groups is 1. The lowest BCUT2D eigenvalue weighted by Crippen LogP contribution is -2.44. The molecule has 3 heterocycles. The van der Waals surface area contributed by atoms with Gasteiger partial charge in [-0.1, -0.05) is 18.3 Å². The maximum absolute atomic E-state index is 12.0. The average Bonchev–Trinajstić information content (AvgIpc) is 2.96. The van der Waals surface area contributed by atoms with Crippen LogP contribution in [0.4, 0.5) is 10.6 Å². The van der Waals surface area contributed by atoms with Crippen molar-refractivity contribution in [3.8, 4) is 0 Å². The highest BCUT2D eigenvalue weighted by Gasteiger charge is 2.31. The number of piperazine rings is 1. The molecule has 2 amide bonds. The third kappa shape index (κ3) is 2.86. The molecular weight excluding hydrogens is 300 g/mol. The zero-order valence-corrected chi connectivity index (χ0v) is 13.9. The first-order valence-corrected chi connectivity index (χ1v) is 8.43. The van der Waals surface area contributed by atoms with Gasteiger partial charge >= 0.3 is 6.03 Å². The summed E-state index contributed by atoms with van der Waals surface area (Å²) in [6, 6.07) is -0.110. The predicted molar refractivity (Wildman–Crippen MR) is 89.2 cm³/mol. The molecule has 22 heavy (non-hydrogen) atoms. The van der Waals surface area contributed by atoms with Crippen molar-refractivity contribution >= 4 is 29.3 Å². The van der Waals surface area contributed by atoms with E-state index in [0.717, 1.165) is 49.3 Å². The lowest BCUT2D eigenvalue weighted by Gasteiger charge is -2.30. The van der Waals surface area contributed by atoms with Crippen molar-refractivity contribution in [1.82, 2.24) is 25.1 Å². The highest BCUT2D eigenvalue weighted by Crippen LogP contribution is 2.33. The summed E-state index contributed by atoms with van der Waals surface area (Å²) in [5, 5.41) is 4.20. The quantitative estimate of drug-likeness (QED) is 0.806. The first kappa shape index (κ1) is 15.4. The number of rotatable bonds is 4. The van der Waals surface area contributed by atoms with Crippen molar-refractivity contribution < 1.29 is 4.79 Å². The molecule has 1 fully saturated rings. The molecule has 1 aromatic heterocycles. The number of nitrogens with zero attached hydrogens (tertiary/aromatic N) is 4. The van der Waals surface area contributed by atoms with Crippen molar-refractivity contribution in [2.24, 2.45) is 0 Å². The van der Waals surface area contributed by atoms with Crippen molar-refractivity contribution in [3.05, 3.63) is 12.3 Å². The standard InChI is InChI=1S/C14H22N6OS/c1-10-11-12(19(3)14(21)18(10)2)17-13(16-11)22-9-8-20-6-4-15-5-7-20/h15H,1,4-9H2,2-3H3,(H,16,17). The summed E-state index contributed by atoms with van der Waals surface area (Å²) in [6.07, 6.45) is 0. The molecule has 0 spiro atoms. The van der Waals surface area contributed by atoms with Gasteiger partial charge in [0.05, 0.1) is 5.70 Å². The highest BCUT2D eigenvalue weighted by molar-refractivity contribution is 7.99. The zero-order valence-electron chi connectivity index (χ0n) is 13.1. The van der Waals surface area contributed by atoms with Crippen LogP contribution in [0.2, 0.25) is 0 Å². The smallest absolute Gasteiger partial charge is 0.329 e. The second kappa shape index (κ2) is 6.31. The van der Waals surface area contributed by atoms with Gasteiger partial charge in [0.1, 0.15) is 5.69 Å². The number of hydrogen-bond donors (Lipinski definition) is 2. The monoisotopic (exact) mass is 322 g/mol. The Hall–Kier alpha value is -1.51. The number of fused-ring (bicyclic) bond motifs is 1. The Kier molecular flexibility index (Phi) is 4.42. The van der Waals surface area contributed by atoms with E-state index in [9.17, 15) is 4.79 Å². The molecule has 0 bridgehead atoms. The van der Waals surface area contributed by atoms with Gasteiger partial charge in [-0.05, 0) is 0 Å². The zero-order chi connectivity index (χ0) is 15.7. The normalized spacial score (nSPS) is 19.7. The molecule has 120 valence electrons. The topological polar surface area (TPSA) is 67.5 Å². The largest absolute Gasteiger partial charge is 0.330 e. The maximum Gasteiger partial charge on any atom is 0.329 e. The minimum atomic E-state index is -0.110. The van der Waals surface area contributed by atoms with Crippen LogP contribution in [-0.4, -0.2) is 78.4 Å². The molecule has 0 unspecified atom stereocenters. The van der Waals surface area contributed by atoms with E-state index in [2.05, 4.69) is 26.8 Å². The minimum absolute atomic E-state index is 0.110. The first-order valence-electron chi connectivity index (χ1n) is 7.44. The van der Waals surface area contributed by atoms with Crippen molar-refractivity contribution in [2.75, 3.05) is 57.5 Å². The Balaban J connectivity index is 1.63. The molecule has 2 aliphatic rings. The van der Waals surface area contributed by atoms with E-state index in [1.807, 2.05) is 0 Å². The average molecular weight is 322 g/mol. The molecule has 7 nitrogen and oxygen atoms in total. The van der Waals surface area contributed by atoms with Crippen LogP contribution in [0.25, 0.3) is 5.70 Å². The number of carbonyl (C=O) groups excluding carboxylic acids is 1. The number of aromatic amines is 1. The fourth-order valence-electron chi connectivity index (χ4n) is 2.66. The fraction of sp³-hybridized carbons (Fsp3) is 0.571. The summed E-state index contributed by atoms with van der Waals surface area (Å²) in [4.78, 5) is 25.4. The van der Waals surface area contributed by atoms with Crippen LogP contribution in [0.1, 0.15) is 5.69 Å². The Morgan fingerprint density at radius 2 is 2.00 bits per heavy atom. The lowest BCUT2D eigenvalue weighted by atomic mass is 10.2. The van der Waals surface area contributed by atoms with Gasteiger partial charge in [0.25, 0.3) is 0 Å². The number of hydrogen-bond acceptors (Lipinski definition) is 5. The van der Waals surface area contributed by atoms with Gasteiger partial charge in [-0.15, -0.1) is 0 Å². The number of imidazole rings is 1. The third-order valence-corrected chi connectivity index (χ3v) is 4.96. The molecule has 0 aromatic carbocycles. The number of amides is 2. The Morgan fingerprint density at radius 3 is 2.73 bits per heavy atom. The molecule has 0 radical (unpaired) electrons. The Morgan fingerprint density at radius 1 is 1.27 bits per heavy atom. The molecule has 3 rings (SSSR count). The highest BCUT2D eigenvalue weighted by atomic mass is 32.2. The second-order valence-electron chi connectivity index (χ2n) is 5.53. The van der Waals surface area contributed by atoms with E-state index < -0.39 is 0 Å². The first-order chi connectivity index (χ1) is 10.6.